The Balaban J connectivity index is 1.31. The van der Waals surface area contributed by atoms with Crippen LogP contribution in [-0.2, 0) is 11.2 Å². The van der Waals surface area contributed by atoms with Crippen LogP contribution >= 0.6 is 0 Å². The zero-order valence-corrected chi connectivity index (χ0v) is 17.2. The Bertz CT molecular complexity index is 753. The van der Waals surface area contributed by atoms with Crippen molar-refractivity contribution in [1.82, 2.24) is 20.4 Å². The zero-order valence-electron chi connectivity index (χ0n) is 17.2. The van der Waals surface area contributed by atoms with Crippen LogP contribution in [0.25, 0.3) is 5.69 Å². The molecule has 1 aromatic carbocycles. The minimum atomic E-state index is -0.246. The summed E-state index contributed by atoms with van der Waals surface area (Å²) in [5.74, 6) is 0.547. The number of nitrogens with one attached hydrogen (secondary N) is 2. The van der Waals surface area contributed by atoms with Gasteiger partial charge < -0.3 is 15.4 Å². The highest BCUT2D eigenvalue weighted by atomic mass is 19.1. The lowest BCUT2D eigenvalue weighted by atomic mass is 9.98. The van der Waals surface area contributed by atoms with E-state index in [4.69, 9.17) is 4.74 Å². The molecule has 1 heterocycles. The van der Waals surface area contributed by atoms with E-state index < -0.39 is 0 Å². The predicted molar refractivity (Wildman–Crippen MR) is 114 cm³/mol. The second kappa shape index (κ2) is 11.6. The summed E-state index contributed by atoms with van der Waals surface area (Å²) in [7, 11) is 1.77. The van der Waals surface area contributed by atoms with E-state index in [1.807, 2.05) is 12.3 Å². The van der Waals surface area contributed by atoms with Gasteiger partial charge in [-0.1, -0.05) is 19.3 Å². The summed E-state index contributed by atoms with van der Waals surface area (Å²) >= 11 is 0. The number of hydrogen-bond acceptors (Lipinski definition) is 3. The normalized spacial score (nSPS) is 15.4. The number of aliphatic imine (C=N–C) groups is 1. The maximum absolute atomic E-state index is 13.0. The molecule has 0 aliphatic heterocycles. The van der Waals surface area contributed by atoms with Gasteiger partial charge in [0.15, 0.2) is 5.96 Å². The number of hydrogen-bond donors (Lipinski definition) is 2. The summed E-state index contributed by atoms with van der Waals surface area (Å²) in [5, 5.41) is 11.2. The fourth-order valence-electron chi connectivity index (χ4n) is 3.52. The van der Waals surface area contributed by atoms with E-state index >= 15 is 0 Å². The van der Waals surface area contributed by atoms with Gasteiger partial charge in [-0.25, -0.2) is 9.07 Å². The fourth-order valence-corrected chi connectivity index (χ4v) is 3.52. The molecule has 0 amide bonds. The highest BCUT2D eigenvalue weighted by Gasteiger charge is 2.13. The average molecular weight is 402 g/mol. The zero-order chi connectivity index (χ0) is 20.3. The van der Waals surface area contributed by atoms with Crippen molar-refractivity contribution >= 4 is 5.96 Å². The van der Waals surface area contributed by atoms with Gasteiger partial charge in [-0.2, -0.15) is 5.10 Å². The SMILES string of the molecule is CN=C(NCCCOC1CCCCC1)NCCc1ccn(-c2ccc(F)cc2)n1. The van der Waals surface area contributed by atoms with E-state index in [-0.39, 0.29) is 5.82 Å². The summed E-state index contributed by atoms with van der Waals surface area (Å²) in [6.07, 6.45) is 10.5. The molecule has 2 N–H and O–H groups in total. The van der Waals surface area contributed by atoms with Crippen molar-refractivity contribution in [2.45, 2.75) is 51.0 Å². The van der Waals surface area contributed by atoms with Gasteiger partial charge in [0.25, 0.3) is 0 Å². The number of aromatic nitrogens is 2. The van der Waals surface area contributed by atoms with Crippen LogP contribution in [0.2, 0.25) is 0 Å². The van der Waals surface area contributed by atoms with Crippen LogP contribution in [0, 0.1) is 5.82 Å². The number of halogens is 1. The van der Waals surface area contributed by atoms with E-state index in [1.54, 1.807) is 23.9 Å². The lowest BCUT2D eigenvalue weighted by Crippen LogP contribution is -2.39. The van der Waals surface area contributed by atoms with Crippen molar-refractivity contribution in [2.75, 3.05) is 26.7 Å². The molecule has 6 nitrogen and oxygen atoms in total. The number of nitrogens with zero attached hydrogens (tertiary/aromatic N) is 3. The third-order valence-electron chi connectivity index (χ3n) is 5.15. The lowest BCUT2D eigenvalue weighted by molar-refractivity contribution is 0.0277. The first kappa shape index (κ1) is 21.3. The lowest BCUT2D eigenvalue weighted by Gasteiger charge is -2.22. The molecule has 0 atom stereocenters. The molecular formula is C22H32FN5O. The van der Waals surface area contributed by atoms with Gasteiger partial charge in [-0.3, -0.25) is 4.99 Å². The number of ether oxygens (including phenoxy) is 1. The molecule has 0 spiro atoms. The Morgan fingerprint density at radius 2 is 1.90 bits per heavy atom. The Kier molecular flexibility index (Phi) is 8.49. The molecule has 158 valence electrons. The first-order valence-corrected chi connectivity index (χ1v) is 10.6. The molecule has 29 heavy (non-hydrogen) atoms. The largest absolute Gasteiger partial charge is 0.378 e. The minimum absolute atomic E-state index is 0.246. The topological polar surface area (TPSA) is 63.5 Å². The van der Waals surface area contributed by atoms with Crippen molar-refractivity contribution in [2.24, 2.45) is 4.99 Å². The molecule has 2 aromatic rings. The van der Waals surface area contributed by atoms with Crippen LogP contribution in [0.5, 0.6) is 0 Å². The van der Waals surface area contributed by atoms with Gasteiger partial charge in [0.05, 0.1) is 17.5 Å². The molecule has 0 radical (unpaired) electrons. The van der Waals surface area contributed by atoms with E-state index in [2.05, 4.69) is 20.7 Å². The molecule has 0 bridgehead atoms. The Morgan fingerprint density at radius 3 is 2.66 bits per heavy atom. The number of guanidine groups is 1. The van der Waals surface area contributed by atoms with Crippen molar-refractivity contribution < 1.29 is 9.13 Å². The van der Waals surface area contributed by atoms with Crippen LogP contribution in [-0.4, -0.2) is 48.6 Å². The maximum atomic E-state index is 13.0. The van der Waals surface area contributed by atoms with Gasteiger partial charge in [-0.05, 0) is 49.6 Å². The number of benzene rings is 1. The molecule has 0 unspecified atom stereocenters. The molecule has 3 rings (SSSR count). The van der Waals surface area contributed by atoms with E-state index in [0.717, 1.165) is 49.9 Å². The third-order valence-corrected chi connectivity index (χ3v) is 5.15. The summed E-state index contributed by atoms with van der Waals surface area (Å²) < 4.78 is 20.7. The first-order chi connectivity index (χ1) is 14.2. The van der Waals surface area contributed by atoms with Gasteiger partial charge in [-0.15, -0.1) is 0 Å². The molecule has 0 saturated heterocycles. The molecule has 1 aliphatic rings. The minimum Gasteiger partial charge on any atom is -0.378 e. The van der Waals surface area contributed by atoms with Crippen LogP contribution in [0.4, 0.5) is 4.39 Å². The number of rotatable bonds is 9. The molecule has 7 heteroatoms. The summed E-state index contributed by atoms with van der Waals surface area (Å²) in [4.78, 5) is 4.26. The maximum Gasteiger partial charge on any atom is 0.190 e. The molecule has 1 aromatic heterocycles. The van der Waals surface area contributed by atoms with Gasteiger partial charge in [0.2, 0.25) is 0 Å². The Hall–Kier alpha value is -2.41. The van der Waals surface area contributed by atoms with Crippen LogP contribution in [0.15, 0.2) is 41.5 Å². The quantitative estimate of drug-likeness (QED) is 0.384. The summed E-state index contributed by atoms with van der Waals surface area (Å²) in [6, 6.07) is 8.29. The van der Waals surface area contributed by atoms with Crippen molar-refractivity contribution in [3.8, 4) is 5.69 Å². The van der Waals surface area contributed by atoms with Crippen LogP contribution < -0.4 is 10.6 Å². The fraction of sp³-hybridized carbons (Fsp3) is 0.545. The molecule has 1 fully saturated rings. The van der Waals surface area contributed by atoms with E-state index in [9.17, 15) is 4.39 Å². The smallest absolute Gasteiger partial charge is 0.190 e. The first-order valence-electron chi connectivity index (χ1n) is 10.6. The second-order valence-corrected chi connectivity index (χ2v) is 7.39. The average Bonchev–Trinajstić information content (AvgIpc) is 3.22. The third kappa shape index (κ3) is 7.16. The Labute approximate surface area is 172 Å². The van der Waals surface area contributed by atoms with Crippen LogP contribution in [0.1, 0.15) is 44.2 Å². The van der Waals surface area contributed by atoms with Crippen molar-refractivity contribution in [3.05, 3.63) is 48.0 Å². The Morgan fingerprint density at radius 1 is 1.14 bits per heavy atom. The van der Waals surface area contributed by atoms with Crippen molar-refractivity contribution in [1.29, 1.82) is 0 Å². The van der Waals surface area contributed by atoms with Gasteiger partial charge in [0, 0.05) is 39.4 Å². The highest BCUT2D eigenvalue weighted by molar-refractivity contribution is 5.79. The standard InChI is InChI=1S/C22H32FN5O/c1-24-22(25-14-5-17-29-21-6-3-2-4-7-21)26-15-12-19-13-16-28(27-19)20-10-8-18(23)9-11-20/h8-11,13,16,21H,2-7,12,14-15,17H2,1H3,(H2,24,25,26). The predicted octanol–water partition coefficient (Wildman–Crippen LogP) is 3.46. The van der Waals surface area contributed by atoms with Crippen LogP contribution in [0.3, 0.4) is 0 Å². The summed E-state index contributed by atoms with van der Waals surface area (Å²) in [5.41, 5.74) is 1.82. The monoisotopic (exact) mass is 401 g/mol. The molecule has 1 saturated carbocycles. The molecule has 1 aliphatic carbocycles. The van der Waals surface area contributed by atoms with E-state index in [0.29, 0.717) is 6.10 Å². The van der Waals surface area contributed by atoms with E-state index in [1.165, 1.54) is 44.2 Å². The second-order valence-electron chi connectivity index (χ2n) is 7.39. The van der Waals surface area contributed by atoms with Gasteiger partial charge in [0.1, 0.15) is 5.82 Å². The van der Waals surface area contributed by atoms with Crippen molar-refractivity contribution in [3.63, 3.8) is 0 Å². The highest BCUT2D eigenvalue weighted by Crippen LogP contribution is 2.20. The van der Waals surface area contributed by atoms with Gasteiger partial charge >= 0.3 is 0 Å². The molecular weight excluding hydrogens is 369 g/mol. The summed E-state index contributed by atoms with van der Waals surface area (Å²) in [6.45, 7) is 2.37.